The summed E-state index contributed by atoms with van der Waals surface area (Å²) in [5, 5.41) is 0. The van der Waals surface area contributed by atoms with Crippen LogP contribution in [0.3, 0.4) is 0 Å². The van der Waals surface area contributed by atoms with E-state index >= 15 is 0 Å². The molecule has 1 saturated heterocycles. The third kappa shape index (κ3) is 2.01. The Labute approximate surface area is 87.2 Å². The van der Waals surface area contributed by atoms with E-state index in [0.29, 0.717) is 6.85 Å². The fourth-order valence-corrected chi connectivity index (χ4v) is 2.43. The van der Waals surface area contributed by atoms with E-state index in [9.17, 15) is 0 Å². The third-order valence-electron chi connectivity index (χ3n) is 3.06. The monoisotopic (exact) mass is 187 g/mol. The second-order valence-electron chi connectivity index (χ2n) is 4.10. The topological polar surface area (TPSA) is 3.24 Å². The Hall–Kier alpha value is -0.755. The van der Waals surface area contributed by atoms with E-state index in [-0.39, 0.29) is 0 Å². The first-order valence-electron chi connectivity index (χ1n) is 5.71. The van der Waals surface area contributed by atoms with Crippen LogP contribution in [0.4, 0.5) is 0 Å². The molecule has 0 N–H and O–H groups in total. The number of rotatable bonds is 3. The lowest BCUT2D eigenvalue weighted by Gasteiger charge is -2.21. The quantitative estimate of drug-likeness (QED) is 0.654. The van der Waals surface area contributed by atoms with E-state index in [1.54, 1.807) is 0 Å². The average molecular weight is 187 g/mol. The highest BCUT2D eigenvalue weighted by Crippen LogP contribution is 2.14. The van der Waals surface area contributed by atoms with Gasteiger partial charge in [0.15, 0.2) is 0 Å². The summed E-state index contributed by atoms with van der Waals surface area (Å²) in [6.45, 7) is 5.49. The van der Waals surface area contributed by atoms with Crippen molar-refractivity contribution >= 4 is 12.3 Å². The second-order valence-corrected chi connectivity index (χ2v) is 4.10. The van der Waals surface area contributed by atoms with Crippen molar-refractivity contribution in [2.24, 2.45) is 0 Å². The van der Waals surface area contributed by atoms with Crippen LogP contribution in [0, 0.1) is 0 Å². The van der Waals surface area contributed by atoms with Crippen molar-refractivity contribution in [3.8, 4) is 0 Å². The van der Waals surface area contributed by atoms with Gasteiger partial charge in [-0.2, -0.15) is 0 Å². The molecule has 1 aromatic carbocycles. The van der Waals surface area contributed by atoms with Gasteiger partial charge < -0.3 is 4.81 Å². The van der Waals surface area contributed by atoms with Gasteiger partial charge in [-0.3, -0.25) is 0 Å². The third-order valence-corrected chi connectivity index (χ3v) is 3.06. The maximum atomic E-state index is 2.62. The Kier molecular flexibility index (Phi) is 3.25. The number of hydrogen-bond acceptors (Lipinski definition) is 1. The SMILES string of the molecule is CCCN1CCCB1c1ccccc1. The molecule has 2 heteroatoms. The highest BCUT2D eigenvalue weighted by molar-refractivity contribution is 6.71. The Morgan fingerprint density at radius 1 is 1.29 bits per heavy atom. The van der Waals surface area contributed by atoms with Gasteiger partial charge in [0.05, 0.1) is 0 Å². The van der Waals surface area contributed by atoms with Crippen molar-refractivity contribution in [1.82, 2.24) is 4.81 Å². The summed E-state index contributed by atoms with van der Waals surface area (Å²) in [6.07, 6.45) is 3.97. The summed E-state index contributed by atoms with van der Waals surface area (Å²) in [4.78, 5) is 2.62. The van der Waals surface area contributed by atoms with Gasteiger partial charge in [-0.25, -0.2) is 0 Å². The Morgan fingerprint density at radius 2 is 2.07 bits per heavy atom. The predicted octanol–water partition coefficient (Wildman–Crippen LogP) is 2.00. The molecule has 0 aliphatic carbocycles. The average Bonchev–Trinajstić information content (AvgIpc) is 2.68. The van der Waals surface area contributed by atoms with Gasteiger partial charge in [0, 0.05) is 0 Å². The highest BCUT2D eigenvalue weighted by atomic mass is 15.1. The minimum absolute atomic E-state index is 0.691. The lowest BCUT2D eigenvalue weighted by atomic mass is 9.54. The van der Waals surface area contributed by atoms with Crippen LogP contribution in [-0.4, -0.2) is 24.7 Å². The van der Waals surface area contributed by atoms with E-state index in [4.69, 9.17) is 0 Å². The molecule has 1 fully saturated rings. The van der Waals surface area contributed by atoms with Crippen LogP contribution in [0.25, 0.3) is 0 Å². The molecule has 0 amide bonds. The summed E-state index contributed by atoms with van der Waals surface area (Å²) in [7, 11) is 0. The van der Waals surface area contributed by atoms with Crippen molar-refractivity contribution in [3.63, 3.8) is 0 Å². The first-order chi connectivity index (χ1) is 6.92. The zero-order chi connectivity index (χ0) is 9.80. The van der Waals surface area contributed by atoms with Crippen molar-refractivity contribution in [2.45, 2.75) is 26.1 Å². The summed E-state index contributed by atoms with van der Waals surface area (Å²) < 4.78 is 0. The zero-order valence-electron chi connectivity index (χ0n) is 8.95. The first kappa shape index (κ1) is 9.79. The molecule has 0 spiro atoms. The Balaban J connectivity index is 2.10. The molecule has 0 aromatic heterocycles. The molecule has 0 bridgehead atoms. The van der Waals surface area contributed by atoms with Crippen molar-refractivity contribution in [2.75, 3.05) is 13.1 Å². The number of hydrogen-bond donors (Lipinski definition) is 0. The van der Waals surface area contributed by atoms with E-state index < -0.39 is 0 Å². The van der Waals surface area contributed by atoms with Crippen LogP contribution < -0.4 is 5.46 Å². The van der Waals surface area contributed by atoms with Gasteiger partial charge in [-0.05, 0) is 25.9 Å². The van der Waals surface area contributed by atoms with E-state index in [2.05, 4.69) is 42.1 Å². The van der Waals surface area contributed by atoms with Crippen LogP contribution in [0.2, 0.25) is 6.32 Å². The molecule has 74 valence electrons. The molecular weight excluding hydrogens is 169 g/mol. The maximum Gasteiger partial charge on any atom is 0.257 e. The number of benzene rings is 1. The lowest BCUT2D eigenvalue weighted by Crippen LogP contribution is -2.43. The summed E-state index contributed by atoms with van der Waals surface area (Å²) >= 11 is 0. The van der Waals surface area contributed by atoms with E-state index in [0.717, 1.165) is 0 Å². The molecule has 1 heterocycles. The first-order valence-corrected chi connectivity index (χ1v) is 5.71. The maximum absolute atomic E-state index is 2.62. The smallest absolute Gasteiger partial charge is 0.257 e. The van der Waals surface area contributed by atoms with Gasteiger partial charge in [0.1, 0.15) is 0 Å². The molecule has 0 saturated carbocycles. The standard InChI is InChI=1S/C12H18BN/c1-2-10-14-11-6-9-13(14)12-7-4-3-5-8-12/h3-5,7-8H,2,6,9-11H2,1H3. The molecular formula is C12H18BN. The van der Waals surface area contributed by atoms with Crippen molar-refractivity contribution in [1.29, 1.82) is 0 Å². The summed E-state index contributed by atoms with van der Waals surface area (Å²) in [5.41, 5.74) is 1.50. The molecule has 2 rings (SSSR count). The van der Waals surface area contributed by atoms with Crippen LogP contribution >= 0.6 is 0 Å². The molecule has 1 nitrogen and oxygen atoms in total. The van der Waals surface area contributed by atoms with Crippen LogP contribution in [0.5, 0.6) is 0 Å². The van der Waals surface area contributed by atoms with Crippen LogP contribution in [0.15, 0.2) is 30.3 Å². The fraction of sp³-hybridized carbons (Fsp3) is 0.500. The van der Waals surface area contributed by atoms with Gasteiger partial charge in [0.25, 0.3) is 6.85 Å². The highest BCUT2D eigenvalue weighted by Gasteiger charge is 2.28. The summed E-state index contributed by atoms with van der Waals surface area (Å²) in [5.74, 6) is 0. The Bertz CT molecular complexity index is 273. The summed E-state index contributed by atoms with van der Waals surface area (Å²) in [6, 6.07) is 10.9. The Morgan fingerprint density at radius 3 is 2.79 bits per heavy atom. The molecule has 0 unspecified atom stereocenters. The lowest BCUT2D eigenvalue weighted by molar-refractivity contribution is 0.468. The molecule has 0 atom stereocenters. The molecule has 0 radical (unpaired) electrons. The normalized spacial score (nSPS) is 17.6. The van der Waals surface area contributed by atoms with Crippen molar-refractivity contribution < 1.29 is 0 Å². The van der Waals surface area contributed by atoms with Gasteiger partial charge in [-0.15, -0.1) is 0 Å². The van der Waals surface area contributed by atoms with Crippen LogP contribution in [-0.2, 0) is 0 Å². The number of nitrogens with zero attached hydrogens (tertiary/aromatic N) is 1. The molecule has 1 aliphatic rings. The fourth-order valence-electron chi connectivity index (χ4n) is 2.43. The van der Waals surface area contributed by atoms with Crippen LogP contribution in [0.1, 0.15) is 19.8 Å². The molecule has 1 aliphatic heterocycles. The van der Waals surface area contributed by atoms with E-state index in [1.165, 1.54) is 37.7 Å². The van der Waals surface area contributed by atoms with Gasteiger partial charge in [0.2, 0.25) is 0 Å². The second kappa shape index (κ2) is 4.65. The van der Waals surface area contributed by atoms with Gasteiger partial charge in [-0.1, -0.05) is 49.0 Å². The molecule has 1 aromatic rings. The predicted molar refractivity (Wildman–Crippen MR) is 63.1 cm³/mol. The molecule has 14 heavy (non-hydrogen) atoms. The minimum Gasteiger partial charge on any atom is -0.338 e. The van der Waals surface area contributed by atoms with Crippen molar-refractivity contribution in [3.05, 3.63) is 30.3 Å². The minimum atomic E-state index is 0.691. The van der Waals surface area contributed by atoms with Gasteiger partial charge >= 0.3 is 0 Å². The zero-order valence-corrected chi connectivity index (χ0v) is 8.95. The van der Waals surface area contributed by atoms with E-state index in [1.807, 2.05) is 0 Å². The largest absolute Gasteiger partial charge is 0.338 e.